The molecule has 0 fully saturated rings. The summed E-state index contributed by atoms with van der Waals surface area (Å²) in [6, 6.07) is 10.0. The van der Waals surface area contributed by atoms with Crippen LogP contribution in [0, 0.1) is 6.92 Å². The van der Waals surface area contributed by atoms with Crippen LogP contribution in [0.2, 0.25) is 0 Å². The lowest BCUT2D eigenvalue weighted by molar-refractivity contribution is 0.839. The number of halogens is 1. The summed E-state index contributed by atoms with van der Waals surface area (Å²) >= 11 is 3.58. The zero-order valence-corrected chi connectivity index (χ0v) is 13.3. The number of nitrogens with one attached hydrogen (secondary N) is 1. The van der Waals surface area contributed by atoms with E-state index in [1.807, 2.05) is 31.2 Å². The van der Waals surface area contributed by atoms with Gasteiger partial charge in [0, 0.05) is 26.5 Å². The van der Waals surface area contributed by atoms with Gasteiger partial charge in [-0.2, -0.15) is 0 Å². The van der Waals surface area contributed by atoms with Gasteiger partial charge in [0.15, 0.2) is 5.43 Å². The Morgan fingerprint density at radius 1 is 1.10 bits per heavy atom. The van der Waals surface area contributed by atoms with Crippen molar-refractivity contribution in [1.29, 1.82) is 0 Å². The first-order valence-corrected chi connectivity index (χ1v) is 7.53. The Bertz CT molecular complexity index is 877. The molecule has 2 nitrogen and oxygen atoms in total. The van der Waals surface area contributed by atoms with Crippen LogP contribution in [0.25, 0.3) is 21.7 Å². The number of hydrogen-bond donors (Lipinski definition) is 1. The van der Waals surface area contributed by atoms with E-state index in [1.54, 1.807) is 0 Å². The number of aromatic nitrogens is 1. The molecule has 0 bridgehead atoms. The molecule has 0 aliphatic carbocycles. The lowest BCUT2D eigenvalue weighted by atomic mass is 9.97. The van der Waals surface area contributed by atoms with Gasteiger partial charge in [-0.3, -0.25) is 4.79 Å². The molecule has 20 heavy (non-hydrogen) atoms. The Balaban J connectivity index is 2.59. The van der Waals surface area contributed by atoms with Crippen LogP contribution in [0.15, 0.2) is 39.6 Å². The second-order valence-corrected chi connectivity index (χ2v) is 6.33. The van der Waals surface area contributed by atoms with Crippen LogP contribution in [-0.4, -0.2) is 4.98 Å². The summed E-state index contributed by atoms with van der Waals surface area (Å²) in [6.45, 7) is 6.09. The second-order valence-electron chi connectivity index (χ2n) is 5.47. The maximum atomic E-state index is 12.7. The Morgan fingerprint density at radius 2 is 1.75 bits per heavy atom. The molecule has 0 saturated carbocycles. The van der Waals surface area contributed by atoms with Crippen LogP contribution >= 0.6 is 15.9 Å². The highest BCUT2D eigenvalue weighted by Crippen LogP contribution is 2.30. The van der Waals surface area contributed by atoms with Crippen LogP contribution in [-0.2, 0) is 0 Å². The molecule has 0 radical (unpaired) electrons. The van der Waals surface area contributed by atoms with Crippen molar-refractivity contribution in [1.82, 2.24) is 4.98 Å². The minimum atomic E-state index is 0.137. The number of rotatable bonds is 1. The summed E-state index contributed by atoms with van der Waals surface area (Å²) in [5.74, 6) is 0.216. The van der Waals surface area contributed by atoms with Crippen LogP contribution in [0.3, 0.4) is 0 Å². The summed E-state index contributed by atoms with van der Waals surface area (Å²) in [5.41, 5.74) is 2.90. The molecule has 1 heterocycles. The molecular weight excluding hydrogens is 314 g/mol. The van der Waals surface area contributed by atoms with Gasteiger partial charge in [-0.25, -0.2) is 0 Å². The normalized spacial score (nSPS) is 11.7. The van der Waals surface area contributed by atoms with Gasteiger partial charge in [-0.1, -0.05) is 54.0 Å². The van der Waals surface area contributed by atoms with Crippen molar-refractivity contribution < 1.29 is 0 Å². The fourth-order valence-electron chi connectivity index (χ4n) is 2.91. The Labute approximate surface area is 126 Å². The monoisotopic (exact) mass is 329 g/mol. The lowest BCUT2D eigenvalue weighted by Gasteiger charge is -2.13. The van der Waals surface area contributed by atoms with E-state index in [0.29, 0.717) is 0 Å². The van der Waals surface area contributed by atoms with E-state index < -0.39 is 0 Å². The summed E-state index contributed by atoms with van der Waals surface area (Å²) in [7, 11) is 0. The quantitative estimate of drug-likeness (QED) is 0.634. The van der Waals surface area contributed by atoms with E-state index in [9.17, 15) is 4.79 Å². The molecule has 0 unspecified atom stereocenters. The molecule has 0 aliphatic rings. The summed E-state index contributed by atoms with van der Waals surface area (Å²) in [6.07, 6.45) is 0. The van der Waals surface area contributed by atoms with Crippen LogP contribution < -0.4 is 5.43 Å². The SMILES string of the molecule is Cc1[nH]c2c(cc(Br)c3ccccc32)c(=O)c1C(C)C. The number of aryl methyl sites for hydroxylation is 1. The number of H-pyrrole nitrogens is 1. The minimum Gasteiger partial charge on any atom is -0.358 e. The van der Waals surface area contributed by atoms with E-state index in [1.165, 1.54) is 0 Å². The summed E-state index contributed by atoms with van der Waals surface area (Å²) < 4.78 is 0.963. The van der Waals surface area contributed by atoms with Crippen LogP contribution in [0.4, 0.5) is 0 Å². The predicted molar refractivity (Wildman–Crippen MR) is 88.6 cm³/mol. The third kappa shape index (κ3) is 1.88. The topological polar surface area (TPSA) is 32.9 Å². The zero-order valence-electron chi connectivity index (χ0n) is 11.8. The lowest BCUT2D eigenvalue weighted by Crippen LogP contribution is -2.14. The average Bonchev–Trinajstić information content (AvgIpc) is 2.40. The molecule has 0 spiro atoms. The highest BCUT2D eigenvalue weighted by molar-refractivity contribution is 9.10. The van der Waals surface area contributed by atoms with E-state index in [2.05, 4.69) is 40.8 Å². The maximum Gasteiger partial charge on any atom is 0.193 e. The van der Waals surface area contributed by atoms with Crippen molar-refractivity contribution in [2.24, 2.45) is 0 Å². The van der Waals surface area contributed by atoms with Crippen LogP contribution in [0.5, 0.6) is 0 Å². The molecule has 3 heteroatoms. The third-order valence-corrected chi connectivity index (χ3v) is 4.43. The molecule has 1 aromatic heterocycles. The van der Waals surface area contributed by atoms with Crippen molar-refractivity contribution in [2.45, 2.75) is 26.7 Å². The minimum absolute atomic E-state index is 0.137. The van der Waals surface area contributed by atoms with Crippen molar-refractivity contribution in [3.05, 3.63) is 56.3 Å². The number of hydrogen-bond acceptors (Lipinski definition) is 1. The van der Waals surface area contributed by atoms with Gasteiger partial charge < -0.3 is 4.98 Å². The molecule has 3 aromatic rings. The molecule has 2 aromatic carbocycles. The first-order valence-electron chi connectivity index (χ1n) is 6.74. The second kappa shape index (κ2) is 4.74. The van der Waals surface area contributed by atoms with Crippen molar-refractivity contribution in [3.8, 4) is 0 Å². The summed E-state index contributed by atoms with van der Waals surface area (Å²) in [4.78, 5) is 16.2. The molecule has 0 amide bonds. The fraction of sp³-hybridized carbons (Fsp3) is 0.235. The fourth-order valence-corrected chi connectivity index (χ4v) is 3.48. The molecule has 0 aliphatic heterocycles. The molecule has 0 saturated heterocycles. The Hall–Kier alpha value is -1.61. The van der Waals surface area contributed by atoms with Gasteiger partial charge in [0.05, 0.1) is 5.52 Å². The van der Waals surface area contributed by atoms with E-state index >= 15 is 0 Å². The zero-order chi connectivity index (χ0) is 14.4. The smallest absolute Gasteiger partial charge is 0.193 e. The number of pyridine rings is 1. The first-order chi connectivity index (χ1) is 9.50. The average molecular weight is 330 g/mol. The summed E-state index contributed by atoms with van der Waals surface area (Å²) in [5, 5.41) is 2.95. The molecule has 1 N–H and O–H groups in total. The Morgan fingerprint density at radius 3 is 2.40 bits per heavy atom. The Kier molecular flexibility index (Phi) is 3.17. The van der Waals surface area contributed by atoms with Crippen molar-refractivity contribution in [2.75, 3.05) is 0 Å². The van der Waals surface area contributed by atoms with Crippen LogP contribution in [0.1, 0.15) is 31.0 Å². The van der Waals surface area contributed by atoms with E-state index in [4.69, 9.17) is 0 Å². The standard InChI is InChI=1S/C17H16BrNO/c1-9(2)15-10(3)19-16-12-7-5-4-6-11(12)14(18)8-13(16)17(15)20/h4-9H,1-3H3,(H,19,20). The molecule has 0 atom stereocenters. The van der Waals surface area contributed by atoms with Crippen molar-refractivity contribution >= 4 is 37.6 Å². The van der Waals surface area contributed by atoms with Gasteiger partial charge in [0.1, 0.15) is 0 Å². The van der Waals surface area contributed by atoms with Gasteiger partial charge in [0.25, 0.3) is 0 Å². The number of aromatic amines is 1. The number of benzene rings is 2. The largest absolute Gasteiger partial charge is 0.358 e. The maximum absolute atomic E-state index is 12.7. The van der Waals surface area contributed by atoms with Gasteiger partial charge in [-0.05, 0) is 24.3 Å². The number of fused-ring (bicyclic) bond motifs is 3. The van der Waals surface area contributed by atoms with Gasteiger partial charge in [0.2, 0.25) is 0 Å². The first kappa shape index (κ1) is 13.4. The van der Waals surface area contributed by atoms with E-state index in [0.717, 1.165) is 37.4 Å². The molecule has 3 rings (SSSR count). The molecule has 102 valence electrons. The third-order valence-electron chi connectivity index (χ3n) is 3.78. The highest BCUT2D eigenvalue weighted by atomic mass is 79.9. The van der Waals surface area contributed by atoms with Gasteiger partial charge in [-0.15, -0.1) is 0 Å². The predicted octanol–water partition coefficient (Wildman–Crippen LogP) is 4.88. The molecular formula is C17H16BrNO. The highest BCUT2D eigenvalue weighted by Gasteiger charge is 2.15. The van der Waals surface area contributed by atoms with Crippen molar-refractivity contribution in [3.63, 3.8) is 0 Å². The van der Waals surface area contributed by atoms with E-state index in [-0.39, 0.29) is 11.3 Å². The van der Waals surface area contributed by atoms with Gasteiger partial charge >= 0.3 is 0 Å².